The Morgan fingerprint density at radius 1 is 1.33 bits per heavy atom. The molecule has 0 radical (unpaired) electrons. The minimum Gasteiger partial charge on any atom is -0.312 e. The Morgan fingerprint density at radius 2 is 2.19 bits per heavy atom. The fourth-order valence-corrected chi connectivity index (χ4v) is 4.07. The van der Waals surface area contributed by atoms with Crippen molar-refractivity contribution in [2.75, 3.05) is 13.1 Å². The van der Waals surface area contributed by atoms with Crippen LogP contribution in [0.3, 0.4) is 0 Å². The Labute approximate surface area is 124 Å². The average Bonchev–Trinajstić information content (AvgIpc) is 3.17. The van der Waals surface area contributed by atoms with Crippen molar-refractivity contribution >= 4 is 10.2 Å². The van der Waals surface area contributed by atoms with E-state index < -0.39 is 10.2 Å². The van der Waals surface area contributed by atoms with Crippen molar-refractivity contribution in [2.24, 2.45) is 0 Å². The van der Waals surface area contributed by atoms with Crippen LogP contribution in [-0.4, -0.2) is 53.1 Å². The van der Waals surface area contributed by atoms with Crippen LogP contribution < -0.4 is 10.0 Å². The Hall–Kier alpha value is -1.03. The molecule has 3 rings (SSSR count). The lowest BCUT2D eigenvalue weighted by atomic mass is 10.1. The molecule has 1 unspecified atom stereocenters. The first-order valence-electron chi connectivity index (χ1n) is 7.49. The number of piperidine rings is 1. The third kappa shape index (κ3) is 4.00. The highest BCUT2D eigenvalue weighted by Gasteiger charge is 2.33. The summed E-state index contributed by atoms with van der Waals surface area (Å²) in [5.74, 6) is 0.517. The van der Waals surface area contributed by atoms with Gasteiger partial charge in [0.15, 0.2) is 0 Å². The lowest BCUT2D eigenvalue weighted by Crippen LogP contribution is -2.52. The molecule has 1 saturated heterocycles. The van der Waals surface area contributed by atoms with Crippen LogP contribution in [0, 0.1) is 0 Å². The van der Waals surface area contributed by atoms with Gasteiger partial charge in [0, 0.05) is 25.2 Å². The van der Waals surface area contributed by atoms with Crippen molar-refractivity contribution in [3.63, 3.8) is 0 Å². The first kappa shape index (κ1) is 14.9. The molecule has 1 aliphatic heterocycles. The van der Waals surface area contributed by atoms with Gasteiger partial charge >= 0.3 is 0 Å². The molecule has 1 aromatic heterocycles. The highest BCUT2D eigenvalue weighted by atomic mass is 32.2. The second kappa shape index (κ2) is 6.39. The van der Waals surface area contributed by atoms with Crippen molar-refractivity contribution < 1.29 is 8.42 Å². The van der Waals surface area contributed by atoms with Crippen LogP contribution in [-0.2, 0) is 16.8 Å². The Bertz CT molecular complexity index is 542. The van der Waals surface area contributed by atoms with Gasteiger partial charge in [-0.25, -0.2) is 4.98 Å². The topological polar surface area (TPSA) is 103 Å². The molecule has 1 aliphatic carbocycles. The average molecular weight is 314 g/mol. The van der Waals surface area contributed by atoms with Crippen LogP contribution >= 0.6 is 0 Å². The number of nitrogens with zero attached hydrogens (tertiary/aromatic N) is 3. The normalized spacial score (nSPS) is 24.3. The summed E-state index contributed by atoms with van der Waals surface area (Å²) in [5, 5.41) is 9.80. The zero-order chi connectivity index (χ0) is 14.7. The predicted octanol–water partition coefficient (Wildman–Crippen LogP) is -0.254. The van der Waals surface area contributed by atoms with E-state index in [1.807, 2.05) is 0 Å². The van der Waals surface area contributed by atoms with E-state index in [1.165, 1.54) is 19.2 Å². The van der Waals surface area contributed by atoms with E-state index in [0.29, 0.717) is 18.4 Å². The Balaban J connectivity index is 1.59. The van der Waals surface area contributed by atoms with Gasteiger partial charge in [0.25, 0.3) is 10.2 Å². The van der Waals surface area contributed by atoms with Crippen LogP contribution in [0.25, 0.3) is 0 Å². The standard InChI is InChI=1S/C12H22N6O2S/c19-21(20,16-8-12-14-9-15-17-12)18-6-2-1-3-11(18)7-13-10-4-5-10/h9-11,13,16H,1-8H2,(H,14,15,17). The van der Waals surface area contributed by atoms with Crippen LogP contribution in [0.5, 0.6) is 0 Å². The van der Waals surface area contributed by atoms with Crippen molar-refractivity contribution in [3.8, 4) is 0 Å². The van der Waals surface area contributed by atoms with Gasteiger partial charge in [-0.2, -0.15) is 22.5 Å². The monoisotopic (exact) mass is 314 g/mol. The van der Waals surface area contributed by atoms with Gasteiger partial charge in [-0.15, -0.1) is 0 Å². The Morgan fingerprint density at radius 3 is 2.90 bits per heavy atom. The highest BCUT2D eigenvalue weighted by Crippen LogP contribution is 2.22. The summed E-state index contributed by atoms with van der Waals surface area (Å²) >= 11 is 0. The molecule has 0 bridgehead atoms. The molecule has 9 heteroatoms. The lowest BCUT2D eigenvalue weighted by Gasteiger charge is -2.34. The number of aromatic amines is 1. The first-order chi connectivity index (χ1) is 10.1. The van der Waals surface area contributed by atoms with Crippen LogP contribution in [0.15, 0.2) is 6.33 Å². The van der Waals surface area contributed by atoms with Crippen molar-refractivity contribution in [2.45, 2.75) is 50.7 Å². The molecule has 3 N–H and O–H groups in total. The van der Waals surface area contributed by atoms with E-state index in [-0.39, 0.29) is 12.6 Å². The summed E-state index contributed by atoms with van der Waals surface area (Å²) in [6, 6.07) is 0.644. The SMILES string of the molecule is O=S(=O)(NCc1ncn[nH]1)N1CCCCC1CNC1CC1. The maximum atomic E-state index is 12.5. The summed E-state index contributed by atoms with van der Waals surface area (Å²) < 4.78 is 29.2. The lowest BCUT2D eigenvalue weighted by molar-refractivity contribution is 0.242. The molecular formula is C12H22N6O2S. The van der Waals surface area contributed by atoms with E-state index in [2.05, 4.69) is 25.2 Å². The molecule has 1 aromatic rings. The largest absolute Gasteiger partial charge is 0.312 e. The minimum absolute atomic E-state index is 0.0478. The fourth-order valence-electron chi connectivity index (χ4n) is 2.64. The number of nitrogens with one attached hydrogen (secondary N) is 3. The predicted molar refractivity (Wildman–Crippen MR) is 77.5 cm³/mol. The zero-order valence-electron chi connectivity index (χ0n) is 12.0. The molecule has 2 fully saturated rings. The molecule has 21 heavy (non-hydrogen) atoms. The van der Waals surface area contributed by atoms with E-state index >= 15 is 0 Å². The van der Waals surface area contributed by atoms with Gasteiger partial charge in [-0.05, 0) is 25.7 Å². The van der Waals surface area contributed by atoms with Gasteiger partial charge in [-0.3, -0.25) is 5.10 Å². The van der Waals surface area contributed by atoms with Crippen molar-refractivity contribution in [3.05, 3.63) is 12.2 Å². The summed E-state index contributed by atoms with van der Waals surface area (Å²) in [5.41, 5.74) is 0. The number of hydrogen-bond donors (Lipinski definition) is 3. The molecule has 118 valence electrons. The third-order valence-electron chi connectivity index (χ3n) is 3.99. The van der Waals surface area contributed by atoms with Crippen LogP contribution in [0.4, 0.5) is 0 Å². The molecule has 8 nitrogen and oxygen atoms in total. The number of H-pyrrole nitrogens is 1. The quantitative estimate of drug-likeness (QED) is 0.644. The van der Waals surface area contributed by atoms with Crippen molar-refractivity contribution in [1.29, 1.82) is 0 Å². The molecule has 1 saturated carbocycles. The molecule has 0 spiro atoms. The third-order valence-corrected chi connectivity index (χ3v) is 5.60. The van der Waals surface area contributed by atoms with E-state index in [0.717, 1.165) is 25.8 Å². The Kier molecular flexibility index (Phi) is 4.53. The van der Waals surface area contributed by atoms with E-state index in [4.69, 9.17) is 0 Å². The molecule has 0 amide bonds. The van der Waals surface area contributed by atoms with Gasteiger partial charge in [0.1, 0.15) is 12.2 Å². The summed E-state index contributed by atoms with van der Waals surface area (Å²) in [6.07, 6.45) is 6.72. The number of aromatic nitrogens is 3. The van der Waals surface area contributed by atoms with Crippen molar-refractivity contribution in [1.82, 2.24) is 29.5 Å². The van der Waals surface area contributed by atoms with E-state index in [1.54, 1.807) is 4.31 Å². The van der Waals surface area contributed by atoms with Gasteiger partial charge in [-0.1, -0.05) is 6.42 Å². The maximum Gasteiger partial charge on any atom is 0.280 e. The van der Waals surface area contributed by atoms with E-state index in [9.17, 15) is 8.42 Å². The van der Waals surface area contributed by atoms with Gasteiger partial charge in [0.05, 0.1) is 6.54 Å². The molecule has 2 aliphatic rings. The van der Waals surface area contributed by atoms with Gasteiger partial charge in [0.2, 0.25) is 0 Å². The van der Waals surface area contributed by atoms with Crippen LogP contribution in [0.1, 0.15) is 37.9 Å². The summed E-state index contributed by atoms with van der Waals surface area (Å²) in [4.78, 5) is 3.93. The summed E-state index contributed by atoms with van der Waals surface area (Å²) in [7, 11) is -3.48. The second-order valence-electron chi connectivity index (χ2n) is 5.70. The molecule has 0 aromatic carbocycles. The maximum absolute atomic E-state index is 12.5. The zero-order valence-corrected chi connectivity index (χ0v) is 12.8. The molecule has 2 heterocycles. The second-order valence-corrected chi connectivity index (χ2v) is 7.41. The highest BCUT2D eigenvalue weighted by molar-refractivity contribution is 7.87. The van der Waals surface area contributed by atoms with Gasteiger partial charge < -0.3 is 5.32 Å². The molecule has 1 atom stereocenters. The van der Waals surface area contributed by atoms with Crippen LogP contribution in [0.2, 0.25) is 0 Å². The first-order valence-corrected chi connectivity index (χ1v) is 8.93. The fraction of sp³-hybridized carbons (Fsp3) is 0.833. The molecular weight excluding hydrogens is 292 g/mol. The smallest absolute Gasteiger partial charge is 0.280 e. The number of hydrogen-bond acceptors (Lipinski definition) is 5. The summed E-state index contributed by atoms with van der Waals surface area (Å²) in [6.45, 7) is 1.47. The number of rotatable bonds is 7. The minimum atomic E-state index is -3.48.